The molecule has 2 amide bonds. The fraction of sp³-hybridized carbons (Fsp3) is 0.444. The molecule has 0 bridgehead atoms. The zero-order valence-corrected chi connectivity index (χ0v) is 15.1. The highest BCUT2D eigenvalue weighted by atomic mass is 32.1. The van der Waals surface area contributed by atoms with Gasteiger partial charge in [0.1, 0.15) is 5.01 Å². The number of carbonyl (C=O) groups is 1. The average molecular weight is 347 g/mol. The van der Waals surface area contributed by atoms with Crippen LogP contribution in [0.3, 0.4) is 0 Å². The highest BCUT2D eigenvalue weighted by Crippen LogP contribution is 2.20. The first-order chi connectivity index (χ1) is 11.5. The molecule has 0 aliphatic carbocycles. The number of aliphatic hydroxyl groups is 1. The van der Waals surface area contributed by atoms with Gasteiger partial charge in [0.15, 0.2) is 0 Å². The van der Waals surface area contributed by atoms with Gasteiger partial charge in [-0.1, -0.05) is 37.3 Å². The van der Waals surface area contributed by atoms with E-state index in [2.05, 4.69) is 22.5 Å². The molecule has 5 nitrogen and oxygen atoms in total. The van der Waals surface area contributed by atoms with Gasteiger partial charge in [0, 0.05) is 17.1 Å². The quantitative estimate of drug-likeness (QED) is 0.717. The van der Waals surface area contributed by atoms with Crippen LogP contribution in [0.15, 0.2) is 36.5 Å². The van der Waals surface area contributed by atoms with Crippen LogP contribution in [0.5, 0.6) is 0 Å². The summed E-state index contributed by atoms with van der Waals surface area (Å²) in [6.45, 7) is 5.89. The second kappa shape index (κ2) is 8.80. The molecule has 2 aromatic rings. The summed E-state index contributed by atoms with van der Waals surface area (Å²) in [7, 11) is 0. The van der Waals surface area contributed by atoms with Gasteiger partial charge in [-0.05, 0) is 32.3 Å². The number of hydrogen-bond donors (Lipinski definition) is 3. The summed E-state index contributed by atoms with van der Waals surface area (Å²) in [5, 5.41) is 16.9. The predicted octanol–water partition coefficient (Wildman–Crippen LogP) is 3.58. The van der Waals surface area contributed by atoms with Crippen molar-refractivity contribution >= 4 is 17.4 Å². The van der Waals surface area contributed by atoms with Crippen molar-refractivity contribution in [2.45, 2.75) is 51.8 Å². The molecule has 3 N–H and O–H groups in total. The maximum Gasteiger partial charge on any atom is 0.315 e. The maximum absolute atomic E-state index is 12.1. The lowest BCUT2D eigenvalue weighted by molar-refractivity contribution is 0.154. The molecule has 24 heavy (non-hydrogen) atoms. The maximum atomic E-state index is 12.1. The molecule has 0 saturated carbocycles. The highest BCUT2D eigenvalue weighted by molar-refractivity contribution is 7.11. The highest BCUT2D eigenvalue weighted by Gasteiger charge is 2.17. The Hall–Kier alpha value is -1.92. The van der Waals surface area contributed by atoms with Crippen molar-refractivity contribution in [1.82, 2.24) is 15.6 Å². The number of aliphatic hydroxyl groups excluding tert-OH is 1. The molecule has 130 valence electrons. The number of rotatable bonds is 7. The lowest BCUT2D eigenvalue weighted by Gasteiger charge is -2.20. The molecular formula is C18H25N3O2S. The Bertz CT molecular complexity index is 645. The van der Waals surface area contributed by atoms with Crippen molar-refractivity contribution in [3.05, 3.63) is 52.0 Å². The van der Waals surface area contributed by atoms with Crippen molar-refractivity contribution in [2.75, 3.05) is 0 Å². The van der Waals surface area contributed by atoms with Gasteiger partial charge in [0.05, 0.1) is 12.1 Å². The average Bonchev–Trinajstić information content (AvgIpc) is 3.04. The Balaban J connectivity index is 1.80. The number of urea groups is 1. The number of nitrogens with zero attached hydrogens (tertiary/aromatic N) is 1. The van der Waals surface area contributed by atoms with Crippen molar-refractivity contribution in [3.63, 3.8) is 0 Å². The molecule has 1 aromatic carbocycles. The van der Waals surface area contributed by atoms with Crippen LogP contribution >= 0.6 is 11.3 Å². The van der Waals surface area contributed by atoms with Gasteiger partial charge in [0.25, 0.3) is 0 Å². The largest absolute Gasteiger partial charge is 0.388 e. The third-order valence-corrected chi connectivity index (χ3v) is 5.10. The lowest BCUT2D eigenvalue weighted by Crippen LogP contribution is -2.42. The van der Waals surface area contributed by atoms with Gasteiger partial charge in [-0.15, -0.1) is 11.3 Å². The monoisotopic (exact) mass is 347 g/mol. The molecule has 1 aromatic heterocycles. The minimum Gasteiger partial charge on any atom is -0.388 e. The molecule has 0 saturated heterocycles. The van der Waals surface area contributed by atoms with Crippen molar-refractivity contribution in [1.29, 1.82) is 0 Å². The molecule has 3 unspecified atom stereocenters. The summed E-state index contributed by atoms with van der Waals surface area (Å²) in [4.78, 5) is 17.7. The van der Waals surface area contributed by atoms with Crippen LogP contribution in [0.4, 0.5) is 4.79 Å². The van der Waals surface area contributed by atoms with Gasteiger partial charge in [-0.3, -0.25) is 0 Å². The van der Waals surface area contributed by atoms with Crippen LogP contribution in [0.25, 0.3) is 0 Å². The molecule has 3 atom stereocenters. The number of hydrogen-bond acceptors (Lipinski definition) is 4. The molecule has 0 aliphatic rings. The number of aromatic nitrogens is 1. The molecular weight excluding hydrogens is 322 g/mol. The van der Waals surface area contributed by atoms with E-state index >= 15 is 0 Å². The number of carbonyl (C=O) groups excluding carboxylic acids is 1. The zero-order chi connectivity index (χ0) is 17.5. The van der Waals surface area contributed by atoms with Gasteiger partial charge < -0.3 is 15.7 Å². The Labute approximate surface area is 147 Å². The third-order valence-electron chi connectivity index (χ3n) is 3.78. The van der Waals surface area contributed by atoms with Crippen LogP contribution in [-0.4, -0.2) is 22.2 Å². The molecule has 2 rings (SSSR count). The van der Waals surface area contributed by atoms with E-state index in [-0.39, 0.29) is 18.1 Å². The Kier molecular flexibility index (Phi) is 6.75. The fourth-order valence-corrected chi connectivity index (χ4v) is 3.27. The van der Waals surface area contributed by atoms with E-state index in [1.165, 1.54) is 4.88 Å². The molecule has 0 radical (unpaired) electrons. The number of nitrogens with one attached hydrogen (secondary N) is 2. The molecule has 0 aliphatic heterocycles. The topological polar surface area (TPSA) is 74.2 Å². The van der Waals surface area contributed by atoms with E-state index in [0.717, 1.165) is 17.0 Å². The minimum atomic E-state index is -0.593. The normalized spacial score (nSPS) is 14.7. The molecule has 0 fully saturated rings. The number of benzene rings is 1. The Morgan fingerprint density at radius 2 is 1.96 bits per heavy atom. The first-order valence-corrected chi connectivity index (χ1v) is 9.05. The number of amides is 2. The second-order valence-electron chi connectivity index (χ2n) is 5.92. The van der Waals surface area contributed by atoms with Crippen LogP contribution < -0.4 is 10.6 Å². The number of thiazole rings is 1. The van der Waals surface area contributed by atoms with Crippen molar-refractivity contribution in [3.8, 4) is 0 Å². The van der Waals surface area contributed by atoms with Gasteiger partial charge in [0.2, 0.25) is 0 Å². The van der Waals surface area contributed by atoms with E-state index in [9.17, 15) is 9.90 Å². The summed E-state index contributed by atoms with van der Waals surface area (Å²) in [6, 6.07) is 8.93. The molecule has 6 heteroatoms. The summed E-state index contributed by atoms with van der Waals surface area (Å²) < 4.78 is 0. The smallest absolute Gasteiger partial charge is 0.315 e. The lowest BCUT2D eigenvalue weighted by atomic mass is 10.0. The fourth-order valence-electron chi connectivity index (χ4n) is 2.42. The van der Waals surface area contributed by atoms with Crippen LogP contribution in [-0.2, 0) is 6.42 Å². The first kappa shape index (κ1) is 18.4. The van der Waals surface area contributed by atoms with Crippen molar-refractivity contribution in [2.24, 2.45) is 0 Å². The zero-order valence-electron chi connectivity index (χ0n) is 14.3. The van der Waals surface area contributed by atoms with Crippen LogP contribution in [0.1, 0.15) is 54.8 Å². The predicted molar refractivity (Wildman–Crippen MR) is 97.1 cm³/mol. The summed E-state index contributed by atoms with van der Waals surface area (Å²) in [6.07, 6.45) is 2.67. The van der Waals surface area contributed by atoms with E-state index in [4.69, 9.17) is 0 Å². The van der Waals surface area contributed by atoms with E-state index in [1.807, 2.05) is 50.4 Å². The number of aryl methyl sites for hydroxylation is 1. The standard InChI is InChI=1S/C18H25N3O2S/c1-4-15-11-19-17(24-15)13(3)21-18(23)20-12(2)10-16(22)14-8-6-5-7-9-14/h5-9,11-13,16,22H,4,10H2,1-3H3,(H2,20,21,23). The summed E-state index contributed by atoms with van der Waals surface area (Å²) >= 11 is 1.62. The first-order valence-electron chi connectivity index (χ1n) is 8.24. The van der Waals surface area contributed by atoms with Gasteiger partial charge >= 0.3 is 6.03 Å². The SMILES string of the molecule is CCc1cnc(C(C)NC(=O)NC(C)CC(O)c2ccccc2)s1. The van der Waals surface area contributed by atoms with Crippen molar-refractivity contribution < 1.29 is 9.90 Å². The molecule has 1 heterocycles. The molecule has 0 spiro atoms. The Morgan fingerprint density at radius 3 is 2.58 bits per heavy atom. The van der Waals surface area contributed by atoms with Crippen LogP contribution in [0.2, 0.25) is 0 Å². The third kappa shape index (κ3) is 5.32. The minimum absolute atomic E-state index is 0.137. The summed E-state index contributed by atoms with van der Waals surface area (Å²) in [5.74, 6) is 0. The van der Waals surface area contributed by atoms with E-state index in [0.29, 0.717) is 6.42 Å². The second-order valence-corrected chi connectivity index (χ2v) is 7.07. The summed E-state index contributed by atoms with van der Waals surface area (Å²) in [5.41, 5.74) is 0.856. The van der Waals surface area contributed by atoms with Gasteiger partial charge in [-0.2, -0.15) is 0 Å². The van der Waals surface area contributed by atoms with E-state index in [1.54, 1.807) is 11.3 Å². The Morgan fingerprint density at radius 1 is 1.25 bits per heavy atom. The van der Waals surface area contributed by atoms with E-state index < -0.39 is 6.10 Å². The van der Waals surface area contributed by atoms with Crippen LogP contribution in [0, 0.1) is 0 Å². The van der Waals surface area contributed by atoms with Gasteiger partial charge in [-0.25, -0.2) is 9.78 Å².